The van der Waals surface area contributed by atoms with Crippen molar-refractivity contribution in [2.24, 2.45) is 0 Å². The Morgan fingerprint density at radius 2 is 1.97 bits per heavy atom. The summed E-state index contributed by atoms with van der Waals surface area (Å²) in [5, 5.41) is 4.05. The molecular formula is C22H21ClN4O2. The first-order chi connectivity index (χ1) is 14.2. The van der Waals surface area contributed by atoms with Crippen LogP contribution in [0.25, 0.3) is 0 Å². The zero-order valence-electron chi connectivity index (χ0n) is 15.9. The third kappa shape index (κ3) is 4.13. The van der Waals surface area contributed by atoms with Gasteiger partial charge < -0.3 is 14.8 Å². The summed E-state index contributed by atoms with van der Waals surface area (Å²) in [7, 11) is 0. The highest BCUT2D eigenvalue weighted by atomic mass is 35.5. The molecule has 0 aliphatic carbocycles. The minimum absolute atomic E-state index is 0.567. The van der Waals surface area contributed by atoms with Crippen molar-refractivity contribution in [1.29, 1.82) is 0 Å². The van der Waals surface area contributed by atoms with Crippen LogP contribution in [0.1, 0.15) is 16.8 Å². The number of aromatic nitrogens is 2. The van der Waals surface area contributed by atoms with Crippen molar-refractivity contribution in [3.63, 3.8) is 0 Å². The van der Waals surface area contributed by atoms with Gasteiger partial charge in [0.1, 0.15) is 13.2 Å². The minimum Gasteiger partial charge on any atom is -0.486 e. The Kier molecular flexibility index (Phi) is 4.96. The highest BCUT2D eigenvalue weighted by Crippen LogP contribution is 2.33. The van der Waals surface area contributed by atoms with Gasteiger partial charge in [-0.05, 0) is 29.8 Å². The lowest BCUT2D eigenvalue weighted by Gasteiger charge is -2.28. The van der Waals surface area contributed by atoms with Crippen LogP contribution in [0.2, 0.25) is 5.02 Å². The lowest BCUT2D eigenvalue weighted by atomic mass is 10.1. The highest BCUT2D eigenvalue weighted by molar-refractivity contribution is 6.30. The number of ether oxygens (including phenoxy) is 2. The van der Waals surface area contributed by atoms with Crippen LogP contribution in [0.5, 0.6) is 11.5 Å². The standard InChI is InChI=1S/C22H21ClN4O2/c23-17-3-1-2-15(10-17)13-27-7-6-19-16(14-27)12-24-22(26-19)25-18-4-5-20-21(11-18)29-9-8-28-20/h1-5,10-12H,6-9,13-14H2,(H,24,25,26). The molecule has 1 aromatic heterocycles. The molecule has 0 bridgehead atoms. The maximum Gasteiger partial charge on any atom is 0.227 e. The zero-order chi connectivity index (χ0) is 19.6. The Hall–Kier alpha value is -2.83. The topological polar surface area (TPSA) is 59.5 Å². The summed E-state index contributed by atoms with van der Waals surface area (Å²) in [6.45, 7) is 3.82. The second kappa shape index (κ2) is 7.89. The number of rotatable bonds is 4. The number of halogens is 1. The molecule has 0 atom stereocenters. The van der Waals surface area contributed by atoms with Gasteiger partial charge in [0.15, 0.2) is 11.5 Å². The molecule has 2 aromatic carbocycles. The molecule has 0 amide bonds. The monoisotopic (exact) mass is 408 g/mol. The van der Waals surface area contributed by atoms with Crippen molar-refractivity contribution in [2.75, 3.05) is 25.1 Å². The first kappa shape index (κ1) is 18.2. The first-order valence-electron chi connectivity index (χ1n) is 9.71. The molecule has 0 saturated carbocycles. The number of benzene rings is 2. The van der Waals surface area contributed by atoms with Crippen LogP contribution in [0.4, 0.5) is 11.6 Å². The molecule has 0 spiro atoms. The van der Waals surface area contributed by atoms with Crippen LogP contribution < -0.4 is 14.8 Å². The van der Waals surface area contributed by atoms with Gasteiger partial charge in [0.05, 0.1) is 5.69 Å². The SMILES string of the molecule is Clc1cccc(CN2CCc3nc(Nc4ccc5c(c4)OCCO5)ncc3C2)c1. The molecule has 0 saturated heterocycles. The molecule has 0 radical (unpaired) electrons. The van der Waals surface area contributed by atoms with Crippen molar-refractivity contribution in [3.05, 3.63) is 70.5 Å². The van der Waals surface area contributed by atoms with Crippen molar-refractivity contribution >= 4 is 23.2 Å². The lowest BCUT2D eigenvalue weighted by molar-refractivity contribution is 0.171. The number of hydrogen-bond acceptors (Lipinski definition) is 6. The van der Waals surface area contributed by atoms with E-state index >= 15 is 0 Å². The maximum atomic E-state index is 6.11. The summed E-state index contributed by atoms with van der Waals surface area (Å²) in [6.07, 6.45) is 2.82. The van der Waals surface area contributed by atoms with E-state index in [1.54, 1.807) is 0 Å². The van der Waals surface area contributed by atoms with Gasteiger partial charge in [0, 0.05) is 54.6 Å². The molecule has 148 valence electrons. The second-order valence-corrected chi connectivity index (χ2v) is 7.68. The fourth-order valence-corrected chi connectivity index (χ4v) is 3.93. The van der Waals surface area contributed by atoms with Gasteiger partial charge in [0.25, 0.3) is 0 Å². The molecule has 3 aromatic rings. The Morgan fingerprint density at radius 3 is 2.86 bits per heavy atom. The number of anilines is 2. The van der Waals surface area contributed by atoms with Crippen molar-refractivity contribution < 1.29 is 9.47 Å². The summed E-state index contributed by atoms with van der Waals surface area (Å²) in [6, 6.07) is 13.8. The van der Waals surface area contributed by atoms with Gasteiger partial charge in [-0.2, -0.15) is 0 Å². The summed E-state index contributed by atoms with van der Waals surface area (Å²) in [4.78, 5) is 11.6. The number of hydrogen-bond donors (Lipinski definition) is 1. The zero-order valence-corrected chi connectivity index (χ0v) is 16.7. The van der Waals surface area contributed by atoms with Crippen LogP contribution >= 0.6 is 11.6 Å². The summed E-state index contributed by atoms with van der Waals surface area (Å²) >= 11 is 6.11. The number of nitrogens with one attached hydrogen (secondary N) is 1. The van der Waals surface area contributed by atoms with E-state index in [9.17, 15) is 0 Å². The quantitative estimate of drug-likeness (QED) is 0.698. The van der Waals surface area contributed by atoms with E-state index in [0.29, 0.717) is 19.2 Å². The Morgan fingerprint density at radius 1 is 1.07 bits per heavy atom. The minimum atomic E-state index is 0.567. The molecule has 2 aliphatic rings. The fourth-order valence-electron chi connectivity index (χ4n) is 3.71. The third-order valence-electron chi connectivity index (χ3n) is 5.11. The van der Waals surface area contributed by atoms with Crippen molar-refractivity contribution in [3.8, 4) is 11.5 Å². The van der Waals surface area contributed by atoms with Gasteiger partial charge >= 0.3 is 0 Å². The van der Waals surface area contributed by atoms with E-state index in [4.69, 9.17) is 26.1 Å². The van der Waals surface area contributed by atoms with E-state index in [1.807, 2.05) is 42.6 Å². The van der Waals surface area contributed by atoms with Crippen LogP contribution in [-0.4, -0.2) is 34.6 Å². The van der Waals surface area contributed by atoms with Crippen LogP contribution in [0.15, 0.2) is 48.7 Å². The van der Waals surface area contributed by atoms with Crippen LogP contribution in [0.3, 0.4) is 0 Å². The molecule has 3 heterocycles. The smallest absolute Gasteiger partial charge is 0.227 e. The van der Waals surface area contributed by atoms with Crippen molar-refractivity contribution in [2.45, 2.75) is 19.5 Å². The maximum absolute atomic E-state index is 6.11. The molecule has 1 N–H and O–H groups in total. The van der Waals surface area contributed by atoms with Crippen LogP contribution in [0, 0.1) is 0 Å². The molecule has 7 heteroatoms. The summed E-state index contributed by atoms with van der Waals surface area (Å²) in [5.74, 6) is 2.12. The van der Waals surface area contributed by atoms with E-state index < -0.39 is 0 Å². The molecule has 29 heavy (non-hydrogen) atoms. The summed E-state index contributed by atoms with van der Waals surface area (Å²) < 4.78 is 11.2. The Bertz CT molecular complexity index is 1040. The third-order valence-corrected chi connectivity index (χ3v) is 5.34. The van der Waals surface area contributed by atoms with Gasteiger partial charge in [-0.25, -0.2) is 9.97 Å². The van der Waals surface area contributed by atoms with E-state index in [0.717, 1.165) is 54.0 Å². The van der Waals surface area contributed by atoms with E-state index in [2.05, 4.69) is 21.3 Å². The molecule has 0 fully saturated rings. The molecule has 0 unspecified atom stereocenters. The predicted molar refractivity (Wildman–Crippen MR) is 112 cm³/mol. The van der Waals surface area contributed by atoms with Gasteiger partial charge in [-0.15, -0.1) is 0 Å². The average molecular weight is 409 g/mol. The number of nitrogens with zero attached hydrogens (tertiary/aromatic N) is 3. The van der Waals surface area contributed by atoms with Crippen LogP contribution in [-0.2, 0) is 19.5 Å². The lowest BCUT2D eigenvalue weighted by Crippen LogP contribution is -2.31. The Labute approximate surface area is 174 Å². The van der Waals surface area contributed by atoms with Gasteiger partial charge in [-0.3, -0.25) is 4.90 Å². The molecule has 2 aliphatic heterocycles. The first-order valence-corrected chi connectivity index (χ1v) is 10.1. The predicted octanol–water partition coefficient (Wildman–Crippen LogP) is 4.20. The fraction of sp³-hybridized carbons (Fsp3) is 0.273. The second-order valence-electron chi connectivity index (χ2n) is 7.24. The largest absolute Gasteiger partial charge is 0.486 e. The molecule has 5 rings (SSSR count). The van der Waals surface area contributed by atoms with E-state index in [1.165, 1.54) is 11.1 Å². The average Bonchev–Trinajstić information content (AvgIpc) is 2.74. The van der Waals surface area contributed by atoms with Gasteiger partial charge in [0.2, 0.25) is 5.95 Å². The Balaban J connectivity index is 1.27. The molecule has 6 nitrogen and oxygen atoms in total. The molecular weight excluding hydrogens is 388 g/mol. The van der Waals surface area contributed by atoms with Gasteiger partial charge in [-0.1, -0.05) is 23.7 Å². The summed E-state index contributed by atoms with van der Waals surface area (Å²) in [5.41, 5.74) is 4.37. The normalized spacial score (nSPS) is 15.6. The van der Waals surface area contributed by atoms with Crippen molar-refractivity contribution in [1.82, 2.24) is 14.9 Å². The van der Waals surface area contributed by atoms with E-state index in [-0.39, 0.29) is 0 Å². The number of fused-ring (bicyclic) bond motifs is 2. The highest BCUT2D eigenvalue weighted by Gasteiger charge is 2.19.